The average molecular weight is 800 g/mol. The van der Waals surface area contributed by atoms with Gasteiger partial charge in [-0.25, -0.2) is 0 Å². The van der Waals surface area contributed by atoms with Crippen LogP contribution in [0.15, 0.2) is 109 Å². The van der Waals surface area contributed by atoms with Crippen LogP contribution >= 0.6 is 7.82 Å². The van der Waals surface area contributed by atoms with E-state index in [9.17, 15) is 19.0 Å². The summed E-state index contributed by atoms with van der Waals surface area (Å²) in [6.07, 6.45) is 49.9. The van der Waals surface area contributed by atoms with Gasteiger partial charge in [0.1, 0.15) is 19.8 Å². The number of carbonyl (C=O) groups excluding carboxylic acids is 2. The minimum absolute atomic E-state index is 0.0551. The van der Waals surface area contributed by atoms with Crippen LogP contribution in [0.5, 0.6) is 0 Å². The van der Waals surface area contributed by atoms with Gasteiger partial charge >= 0.3 is 11.9 Å². The number of carbonyl (C=O) groups is 2. The largest absolute Gasteiger partial charge is 0.756 e. The number of esters is 2. The second kappa shape index (κ2) is 37.3. The highest BCUT2D eigenvalue weighted by atomic mass is 31.2. The normalized spacial score (nSPS) is 14.8. The molecular weight excluding hydrogens is 725 g/mol. The number of ether oxygens (including phenoxy) is 2. The summed E-state index contributed by atoms with van der Waals surface area (Å²) in [5.41, 5.74) is 0. The average Bonchev–Trinajstić information content (AvgIpc) is 3.15. The van der Waals surface area contributed by atoms with E-state index in [0.29, 0.717) is 30.3 Å². The number of hydrogen-bond acceptors (Lipinski definition) is 8. The lowest BCUT2D eigenvalue weighted by atomic mass is 10.2. The van der Waals surface area contributed by atoms with Crippen LogP contribution in [0.25, 0.3) is 0 Å². The van der Waals surface area contributed by atoms with Crippen LogP contribution in [0.4, 0.5) is 0 Å². The summed E-state index contributed by atoms with van der Waals surface area (Å²) in [5.74, 6) is -0.967. The SMILES string of the molecule is CC/C=C/C/C=C/C/C=C/C/C=C/C/C=C/CCCC(=O)O[C@H](COC(=O)CCCC/C=C/C/C=C/C/C=C/C/C=C/CC)COP(=O)([O-])OCC[N+](C)(C)C. The number of phosphoric acid groups is 1. The molecule has 0 saturated heterocycles. The molecule has 9 nitrogen and oxygen atoms in total. The first kappa shape index (κ1) is 52.7. The Hall–Kier alpha value is -3.33. The zero-order valence-corrected chi connectivity index (χ0v) is 36.2. The van der Waals surface area contributed by atoms with Crippen molar-refractivity contribution in [1.29, 1.82) is 0 Å². The molecule has 2 atom stereocenters. The molecule has 0 amide bonds. The molecule has 10 heteroatoms. The highest BCUT2D eigenvalue weighted by molar-refractivity contribution is 7.45. The molecule has 0 saturated carbocycles. The first-order chi connectivity index (χ1) is 27.0. The maximum absolute atomic E-state index is 12.6. The molecular formula is C46H74NO8P. The molecule has 0 aliphatic rings. The fourth-order valence-corrected chi connectivity index (χ4v) is 5.35. The molecule has 0 radical (unpaired) electrons. The Labute approximate surface area is 340 Å². The van der Waals surface area contributed by atoms with Gasteiger partial charge in [0.25, 0.3) is 7.82 Å². The van der Waals surface area contributed by atoms with E-state index in [1.165, 1.54) is 0 Å². The van der Waals surface area contributed by atoms with E-state index in [1.807, 2.05) is 27.2 Å². The Kier molecular flexibility index (Phi) is 35.0. The number of quaternary nitrogens is 1. The van der Waals surface area contributed by atoms with Gasteiger partial charge in [-0.15, -0.1) is 0 Å². The maximum Gasteiger partial charge on any atom is 0.306 e. The molecule has 1 unspecified atom stereocenters. The van der Waals surface area contributed by atoms with Crippen molar-refractivity contribution in [3.8, 4) is 0 Å². The van der Waals surface area contributed by atoms with Gasteiger partial charge in [-0.1, -0.05) is 123 Å². The fraction of sp³-hybridized carbons (Fsp3) is 0.565. The number of allylic oxidation sites excluding steroid dienone is 18. The van der Waals surface area contributed by atoms with Gasteiger partial charge in [0, 0.05) is 12.8 Å². The molecule has 0 aliphatic carbocycles. The Morgan fingerprint density at radius 1 is 0.554 bits per heavy atom. The van der Waals surface area contributed by atoms with Gasteiger partial charge in [-0.3, -0.25) is 14.2 Å². The Bertz CT molecular complexity index is 1320. The van der Waals surface area contributed by atoms with E-state index < -0.39 is 32.5 Å². The monoisotopic (exact) mass is 800 g/mol. The van der Waals surface area contributed by atoms with E-state index in [0.717, 1.165) is 70.6 Å². The molecule has 0 bridgehead atoms. The summed E-state index contributed by atoms with van der Waals surface area (Å²) in [6, 6.07) is 0. The molecule has 0 aromatic carbocycles. The predicted molar refractivity (Wildman–Crippen MR) is 231 cm³/mol. The van der Waals surface area contributed by atoms with Gasteiger partial charge in [-0.2, -0.15) is 0 Å². The lowest BCUT2D eigenvalue weighted by molar-refractivity contribution is -0.870. The summed E-state index contributed by atoms with van der Waals surface area (Å²) in [4.78, 5) is 37.4. The molecule has 0 rings (SSSR count). The van der Waals surface area contributed by atoms with E-state index in [4.69, 9.17) is 18.5 Å². The Morgan fingerprint density at radius 3 is 1.41 bits per heavy atom. The lowest BCUT2D eigenvalue weighted by Crippen LogP contribution is -2.37. The van der Waals surface area contributed by atoms with Crippen LogP contribution in [-0.2, 0) is 32.7 Å². The molecule has 0 fully saturated rings. The van der Waals surface area contributed by atoms with Crippen molar-refractivity contribution in [1.82, 2.24) is 0 Å². The molecule has 0 aliphatic heterocycles. The summed E-state index contributed by atoms with van der Waals surface area (Å²) < 4.78 is 33.7. The highest BCUT2D eigenvalue weighted by Gasteiger charge is 2.21. The van der Waals surface area contributed by atoms with E-state index in [-0.39, 0.29) is 26.1 Å². The number of likely N-dealkylation sites (N-methyl/N-ethyl adjacent to an activating group) is 1. The van der Waals surface area contributed by atoms with Gasteiger partial charge in [0.05, 0.1) is 27.7 Å². The van der Waals surface area contributed by atoms with Crippen molar-refractivity contribution in [3.05, 3.63) is 109 Å². The standard InChI is InChI=1S/C46H74NO8P/c1-6-8-10-12-14-16-18-20-22-23-25-27-29-31-33-35-37-39-46(49)55-44(43-54-56(50,51)53-41-40-47(3,4)5)42-52-45(48)38-36-34-32-30-28-26-24-21-19-17-15-13-11-9-7-2/h8-11,14-17,20-22,24-25,27-28,30-31,33,44H,6-7,12-13,18-19,23,26,29,32,34-43H2,1-5H3/b10-8+,11-9+,16-14+,17-15+,22-20+,24-21+,27-25+,30-28+,33-31+/t44-/m1/s1. The number of nitrogens with zero attached hydrogens (tertiary/aromatic N) is 1. The van der Waals surface area contributed by atoms with Crippen molar-refractivity contribution >= 4 is 19.8 Å². The second-order valence-electron chi connectivity index (χ2n) is 14.2. The minimum atomic E-state index is -4.66. The molecule has 0 N–H and O–H groups in total. The summed E-state index contributed by atoms with van der Waals surface area (Å²) in [5, 5.41) is 0. The topological polar surface area (TPSA) is 111 Å². The van der Waals surface area contributed by atoms with Crippen LogP contribution in [0, 0.1) is 0 Å². The van der Waals surface area contributed by atoms with E-state index >= 15 is 0 Å². The van der Waals surface area contributed by atoms with Crippen LogP contribution in [0.3, 0.4) is 0 Å². The van der Waals surface area contributed by atoms with Crippen molar-refractivity contribution in [2.75, 3.05) is 47.5 Å². The number of rotatable bonds is 35. The smallest absolute Gasteiger partial charge is 0.306 e. The summed E-state index contributed by atoms with van der Waals surface area (Å²) in [7, 11) is 1.08. The van der Waals surface area contributed by atoms with Crippen LogP contribution in [0.1, 0.15) is 117 Å². The quantitative estimate of drug-likeness (QED) is 0.0205. The van der Waals surface area contributed by atoms with Crippen LogP contribution in [-0.4, -0.2) is 70.0 Å². The van der Waals surface area contributed by atoms with Crippen molar-refractivity contribution in [2.24, 2.45) is 0 Å². The third kappa shape index (κ3) is 40.3. The Balaban J connectivity index is 4.60. The third-order valence-corrected chi connectivity index (χ3v) is 8.75. The highest BCUT2D eigenvalue weighted by Crippen LogP contribution is 2.38. The number of phosphoric ester groups is 1. The first-order valence-electron chi connectivity index (χ1n) is 20.6. The molecule has 316 valence electrons. The molecule has 56 heavy (non-hydrogen) atoms. The van der Waals surface area contributed by atoms with Gasteiger partial charge in [-0.05, 0) is 89.9 Å². The maximum atomic E-state index is 12.6. The van der Waals surface area contributed by atoms with E-state index in [1.54, 1.807) is 0 Å². The lowest BCUT2D eigenvalue weighted by Gasteiger charge is -2.28. The second-order valence-corrected chi connectivity index (χ2v) is 15.6. The molecule has 0 heterocycles. The van der Waals surface area contributed by atoms with Crippen LogP contribution < -0.4 is 4.89 Å². The molecule has 0 spiro atoms. The van der Waals surface area contributed by atoms with Gasteiger partial charge in [0.2, 0.25) is 0 Å². The predicted octanol–water partition coefficient (Wildman–Crippen LogP) is 10.9. The van der Waals surface area contributed by atoms with Crippen molar-refractivity contribution in [2.45, 2.75) is 123 Å². The minimum Gasteiger partial charge on any atom is -0.756 e. The zero-order valence-electron chi connectivity index (χ0n) is 35.3. The van der Waals surface area contributed by atoms with E-state index in [2.05, 4.69) is 117 Å². The summed E-state index contributed by atoms with van der Waals surface area (Å²) in [6.45, 7) is 3.84. The van der Waals surface area contributed by atoms with Gasteiger partial charge < -0.3 is 27.9 Å². The number of hydrogen-bond donors (Lipinski definition) is 0. The van der Waals surface area contributed by atoms with Crippen molar-refractivity contribution in [3.63, 3.8) is 0 Å². The fourth-order valence-electron chi connectivity index (χ4n) is 4.62. The number of unbranched alkanes of at least 4 members (excludes halogenated alkanes) is 3. The summed E-state index contributed by atoms with van der Waals surface area (Å²) >= 11 is 0. The molecule has 0 aromatic rings. The first-order valence-corrected chi connectivity index (χ1v) is 22.1. The third-order valence-electron chi connectivity index (χ3n) is 7.79. The van der Waals surface area contributed by atoms with Crippen LogP contribution in [0.2, 0.25) is 0 Å². The van der Waals surface area contributed by atoms with Gasteiger partial charge in [0.15, 0.2) is 6.10 Å². The molecule has 0 aromatic heterocycles. The zero-order chi connectivity index (χ0) is 41.4. The van der Waals surface area contributed by atoms with Crippen molar-refractivity contribution < 1.29 is 42.1 Å². The Morgan fingerprint density at radius 2 is 0.964 bits per heavy atom.